The van der Waals surface area contributed by atoms with Crippen molar-refractivity contribution < 1.29 is 4.74 Å². The smallest absolute Gasteiger partial charge is 0.148 e. The van der Waals surface area contributed by atoms with Gasteiger partial charge in [0.15, 0.2) is 0 Å². The van der Waals surface area contributed by atoms with Crippen LogP contribution in [0.15, 0.2) is 12.5 Å². The molecule has 1 aromatic heterocycles. The molecule has 0 aliphatic heterocycles. The number of nitrogens with one attached hydrogen (secondary N) is 1. The van der Waals surface area contributed by atoms with Crippen LogP contribution in [0.3, 0.4) is 0 Å². The third kappa shape index (κ3) is 1.87. The van der Waals surface area contributed by atoms with Gasteiger partial charge in [-0.2, -0.15) is 0 Å². The first-order valence-electron chi connectivity index (χ1n) is 5.30. The summed E-state index contributed by atoms with van der Waals surface area (Å²) < 4.78 is 5.39. The normalized spacial score (nSPS) is 27.2. The van der Waals surface area contributed by atoms with Crippen molar-refractivity contribution in [3.05, 3.63) is 17.5 Å². The lowest BCUT2D eigenvalue weighted by Crippen LogP contribution is -2.57. The minimum absolute atomic E-state index is 0.100. The molecular weight excluding hydrogens is 226 g/mol. The van der Waals surface area contributed by atoms with E-state index >= 15 is 0 Å². The van der Waals surface area contributed by atoms with Gasteiger partial charge in [0, 0.05) is 18.6 Å². The fraction of sp³-hybridized carbons (Fsp3) is 0.636. The molecule has 2 atom stereocenters. The highest BCUT2D eigenvalue weighted by atomic mass is 35.5. The molecule has 0 saturated heterocycles. The van der Waals surface area contributed by atoms with Gasteiger partial charge >= 0.3 is 0 Å². The molecular formula is C11H16ClN3O. The molecule has 16 heavy (non-hydrogen) atoms. The summed E-state index contributed by atoms with van der Waals surface area (Å²) in [5.74, 6) is 0.698. The molecule has 1 N–H and O–H groups in total. The second kappa shape index (κ2) is 4.18. The third-order valence-electron chi connectivity index (χ3n) is 3.44. The molecule has 5 heteroatoms. The Morgan fingerprint density at radius 3 is 2.88 bits per heavy atom. The first-order valence-corrected chi connectivity index (χ1v) is 5.68. The predicted molar refractivity (Wildman–Crippen MR) is 63.6 cm³/mol. The van der Waals surface area contributed by atoms with E-state index in [1.165, 1.54) is 6.33 Å². The summed E-state index contributed by atoms with van der Waals surface area (Å²) in [6, 6.07) is 0.338. The summed E-state index contributed by atoms with van der Waals surface area (Å²) in [6.45, 7) is 4.36. The lowest BCUT2D eigenvalue weighted by atomic mass is 9.64. The van der Waals surface area contributed by atoms with Crippen molar-refractivity contribution in [1.82, 2.24) is 9.97 Å². The Morgan fingerprint density at radius 2 is 2.31 bits per heavy atom. The highest BCUT2D eigenvalue weighted by molar-refractivity contribution is 6.32. The molecule has 0 spiro atoms. The summed E-state index contributed by atoms with van der Waals surface area (Å²) in [6.07, 6.45) is 4.36. The molecule has 4 nitrogen and oxygen atoms in total. The van der Waals surface area contributed by atoms with Crippen LogP contribution in [0, 0.1) is 5.41 Å². The number of nitrogens with zero attached hydrogens (tertiary/aromatic N) is 2. The number of methoxy groups -OCH3 is 1. The van der Waals surface area contributed by atoms with Crippen LogP contribution in [0.5, 0.6) is 0 Å². The molecule has 1 aromatic rings. The summed E-state index contributed by atoms with van der Waals surface area (Å²) >= 11 is 5.99. The van der Waals surface area contributed by atoms with E-state index in [-0.39, 0.29) is 5.41 Å². The molecule has 2 unspecified atom stereocenters. The molecule has 1 aliphatic carbocycles. The Labute approximate surface area is 100 Å². The zero-order chi connectivity index (χ0) is 11.8. The van der Waals surface area contributed by atoms with E-state index < -0.39 is 0 Å². The van der Waals surface area contributed by atoms with Gasteiger partial charge in [0.25, 0.3) is 0 Å². The van der Waals surface area contributed by atoms with Crippen molar-refractivity contribution in [1.29, 1.82) is 0 Å². The monoisotopic (exact) mass is 241 g/mol. The second-order valence-electron chi connectivity index (χ2n) is 4.70. The average Bonchev–Trinajstić information content (AvgIpc) is 2.26. The first kappa shape index (κ1) is 11.6. The van der Waals surface area contributed by atoms with E-state index in [1.54, 1.807) is 13.3 Å². The lowest BCUT2D eigenvalue weighted by molar-refractivity contribution is -0.0795. The van der Waals surface area contributed by atoms with Gasteiger partial charge in [-0.05, 0) is 6.42 Å². The van der Waals surface area contributed by atoms with Gasteiger partial charge < -0.3 is 10.1 Å². The van der Waals surface area contributed by atoms with Crippen molar-refractivity contribution in [2.45, 2.75) is 32.4 Å². The molecule has 1 heterocycles. The number of hydrogen-bond donors (Lipinski definition) is 1. The summed E-state index contributed by atoms with van der Waals surface area (Å²) in [5, 5.41) is 3.89. The Kier molecular flexibility index (Phi) is 3.04. The van der Waals surface area contributed by atoms with Crippen LogP contribution in [-0.4, -0.2) is 29.2 Å². The predicted octanol–water partition coefficient (Wildman–Crippen LogP) is 2.36. The molecule has 0 aromatic carbocycles. The number of anilines is 1. The van der Waals surface area contributed by atoms with Crippen LogP contribution in [0.4, 0.5) is 5.82 Å². The van der Waals surface area contributed by atoms with E-state index in [1.807, 2.05) is 0 Å². The van der Waals surface area contributed by atoms with Gasteiger partial charge in [-0.3, -0.25) is 0 Å². The number of rotatable bonds is 3. The maximum Gasteiger partial charge on any atom is 0.148 e. The fourth-order valence-electron chi connectivity index (χ4n) is 2.11. The second-order valence-corrected chi connectivity index (χ2v) is 5.10. The summed E-state index contributed by atoms with van der Waals surface area (Å²) in [4.78, 5) is 7.98. The summed E-state index contributed by atoms with van der Waals surface area (Å²) in [7, 11) is 1.75. The molecule has 1 saturated carbocycles. The van der Waals surface area contributed by atoms with Gasteiger partial charge in [0.05, 0.1) is 12.3 Å². The van der Waals surface area contributed by atoms with Crippen molar-refractivity contribution >= 4 is 17.4 Å². The number of ether oxygens (including phenoxy) is 1. The van der Waals surface area contributed by atoms with Crippen LogP contribution in [0.1, 0.15) is 20.3 Å². The molecule has 0 bridgehead atoms. The molecule has 1 aliphatic rings. The van der Waals surface area contributed by atoms with Gasteiger partial charge in [-0.15, -0.1) is 0 Å². The van der Waals surface area contributed by atoms with E-state index in [9.17, 15) is 0 Å². The quantitative estimate of drug-likeness (QED) is 0.883. The van der Waals surface area contributed by atoms with Crippen molar-refractivity contribution in [3.8, 4) is 0 Å². The van der Waals surface area contributed by atoms with Crippen molar-refractivity contribution in [3.63, 3.8) is 0 Å². The average molecular weight is 242 g/mol. The maximum atomic E-state index is 5.99. The summed E-state index contributed by atoms with van der Waals surface area (Å²) in [5.41, 5.74) is 0.100. The number of aromatic nitrogens is 2. The first-order chi connectivity index (χ1) is 7.55. The van der Waals surface area contributed by atoms with Crippen LogP contribution in [0.2, 0.25) is 5.02 Å². The third-order valence-corrected chi connectivity index (χ3v) is 3.72. The van der Waals surface area contributed by atoms with Gasteiger partial charge in [-0.1, -0.05) is 25.4 Å². The largest absolute Gasteiger partial charge is 0.381 e. The Hall–Kier alpha value is -0.870. The van der Waals surface area contributed by atoms with Crippen LogP contribution in [-0.2, 0) is 4.74 Å². The van der Waals surface area contributed by atoms with E-state index in [0.29, 0.717) is 23.0 Å². The maximum absolute atomic E-state index is 5.99. The van der Waals surface area contributed by atoms with E-state index in [0.717, 1.165) is 6.42 Å². The SMILES string of the molecule is COC1CC(Nc2ncncc2Cl)C1(C)C. The minimum atomic E-state index is 0.100. The van der Waals surface area contributed by atoms with Crippen molar-refractivity contribution in [2.24, 2.45) is 5.41 Å². The highest BCUT2D eigenvalue weighted by Gasteiger charge is 2.48. The lowest BCUT2D eigenvalue weighted by Gasteiger charge is -2.51. The number of hydrogen-bond acceptors (Lipinski definition) is 4. The van der Waals surface area contributed by atoms with Crippen molar-refractivity contribution in [2.75, 3.05) is 12.4 Å². The molecule has 88 valence electrons. The Balaban J connectivity index is 2.05. The topological polar surface area (TPSA) is 47.0 Å². The molecule has 1 fully saturated rings. The number of halogens is 1. The van der Waals surface area contributed by atoms with Gasteiger partial charge in [-0.25, -0.2) is 9.97 Å². The fourth-order valence-corrected chi connectivity index (χ4v) is 2.27. The van der Waals surface area contributed by atoms with Gasteiger partial charge in [0.2, 0.25) is 0 Å². The minimum Gasteiger partial charge on any atom is -0.381 e. The zero-order valence-corrected chi connectivity index (χ0v) is 10.5. The highest BCUT2D eigenvalue weighted by Crippen LogP contribution is 2.44. The molecule has 0 amide bonds. The zero-order valence-electron chi connectivity index (χ0n) is 9.70. The van der Waals surface area contributed by atoms with Gasteiger partial charge in [0.1, 0.15) is 17.2 Å². The molecule has 0 radical (unpaired) electrons. The van der Waals surface area contributed by atoms with E-state index in [4.69, 9.17) is 16.3 Å². The Bertz CT molecular complexity index is 383. The molecule has 2 rings (SSSR count). The van der Waals surface area contributed by atoms with Crippen LogP contribution >= 0.6 is 11.6 Å². The standard InChI is InChI=1S/C11H16ClN3O/c1-11(2)8(4-9(11)16-3)15-10-7(12)5-13-6-14-10/h5-6,8-9H,4H2,1-3H3,(H,13,14,15). The van der Waals surface area contributed by atoms with Crippen LogP contribution < -0.4 is 5.32 Å². The van der Waals surface area contributed by atoms with E-state index in [2.05, 4.69) is 29.1 Å². The Morgan fingerprint density at radius 1 is 1.56 bits per heavy atom. The van der Waals surface area contributed by atoms with Crippen LogP contribution in [0.25, 0.3) is 0 Å².